The zero-order valence-corrected chi connectivity index (χ0v) is 10.9. The van der Waals surface area contributed by atoms with E-state index in [9.17, 15) is 0 Å². The van der Waals surface area contributed by atoms with Gasteiger partial charge in [-0.15, -0.1) is 11.6 Å². The van der Waals surface area contributed by atoms with Gasteiger partial charge in [-0.2, -0.15) is 0 Å². The minimum atomic E-state index is 0.499. The van der Waals surface area contributed by atoms with Crippen LogP contribution in [0.25, 0.3) is 0 Å². The van der Waals surface area contributed by atoms with Crippen molar-refractivity contribution in [2.24, 2.45) is 5.92 Å². The number of hydrogen-bond donors (Lipinski definition) is 0. The predicted molar refractivity (Wildman–Crippen MR) is 66.5 cm³/mol. The van der Waals surface area contributed by atoms with E-state index >= 15 is 0 Å². The second-order valence-corrected chi connectivity index (χ2v) is 5.18. The van der Waals surface area contributed by atoms with Gasteiger partial charge in [0.1, 0.15) is 5.75 Å². The zero-order chi connectivity index (χ0) is 10.7. The maximum Gasteiger partial charge on any atom is 0.123 e. The van der Waals surface area contributed by atoms with Gasteiger partial charge in [-0.3, -0.25) is 0 Å². The van der Waals surface area contributed by atoms with Crippen LogP contribution in [-0.4, -0.2) is 6.61 Å². The molecular formula is C12H14BrClO. The topological polar surface area (TPSA) is 9.23 Å². The number of benzene rings is 1. The summed E-state index contributed by atoms with van der Waals surface area (Å²) >= 11 is 9.29. The van der Waals surface area contributed by atoms with Gasteiger partial charge in [0, 0.05) is 10.0 Å². The van der Waals surface area contributed by atoms with Crippen molar-refractivity contribution >= 4 is 27.5 Å². The quantitative estimate of drug-likeness (QED) is 0.748. The predicted octanol–water partition coefficient (Wildman–Crippen LogP) is 4.37. The summed E-state index contributed by atoms with van der Waals surface area (Å²) in [5.74, 6) is 2.19. The van der Waals surface area contributed by atoms with Gasteiger partial charge in [-0.05, 0) is 37.0 Å². The summed E-state index contributed by atoms with van der Waals surface area (Å²) in [5.41, 5.74) is 1.06. The number of halogens is 2. The van der Waals surface area contributed by atoms with E-state index in [2.05, 4.69) is 15.9 Å². The van der Waals surface area contributed by atoms with Crippen molar-refractivity contribution in [3.8, 4) is 5.75 Å². The van der Waals surface area contributed by atoms with E-state index in [0.717, 1.165) is 28.3 Å². The molecule has 0 amide bonds. The minimum absolute atomic E-state index is 0.499. The van der Waals surface area contributed by atoms with Crippen LogP contribution < -0.4 is 4.74 Å². The van der Waals surface area contributed by atoms with Gasteiger partial charge >= 0.3 is 0 Å². The lowest BCUT2D eigenvalue weighted by Gasteiger charge is -2.25. The molecule has 0 bridgehead atoms. The van der Waals surface area contributed by atoms with Crippen LogP contribution in [0.1, 0.15) is 24.8 Å². The van der Waals surface area contributed by atoms with Gasteiger partial charge in [0.05, 0.1) is 12.5 Å². The van der Waals surface area contributed by atoms with E-state index in [1.54, 1.807) is 0 Å². The first-order chi connectivity index (χ1) is 7.29. The lowest BCUT2D eigenvalue weighted by molar-refractivity contribution is 0.180. The van der Waals surface area contributed by atoms with Crippen LogP contribution in [0.15, 0.2) is 22.7 Å². The molecule has 1 nitrogen and oxygen atoms in total. The largest absolute Gasteiger partial charge is 0.493 e. The molecule has 0 aliphatic heterocycles. The molecular weight excluding hydrogens is 275 g/mol. The molecule has 82 valence electrons. The monoisotopic (exact) mass is 288 g/mol. The molecule has 2 rings (SSSR count). The van der Waals surface area contributed by atoms with Crippen LogP contribution in [0.3, 0.4) is 0 Å². The Balaban J connectivity index is 1.99. The summed E-state index contributed by atoms with van der Waals surface area (Å²) in [6, 6.07) is 6.00. The maximum atomic E-state index is 5.87. The normalized spacial score (nSPS) is 16.1. The second-order valence-electron chi connectivity index (χ2n) is 3.99. The molecule has 0 unspecified atom stereocenters. The third-order valence-corrected chi connectivity index (χ3v) is 3.65. The van der Waals surface area contributed by atoms with Crippen LogP contribution in [0, 0.1) is 5.92 Å². The number of alkyl halides is 1. The van der Waals surface area contributed by atoms with Crippen LogP contribution >= 0.6 is 27.5 Å². The van der Waals surface area contributed by atoms with Crippen molar-refractivity contribution < 1.29 is 4.74 Å². The highest BCUT2D eigenvalue weighted by Gasteiger charge is 2.18. The zero-order valence-electron chi connectivity index (χ0n) is 8.51. The molecule has 1 saturated carbocycles. The molecule has 0 atom stereocenters. The van der Waals surface area contributed by atoms with Crippen molar-refractivity contribution in [3.05, 3.63) is 28.2 Å². The van der Waals surface area contributed by atoms with E-state index in [0.29, 0.717) is 5.88 Å². The molecule has 0 N–H and O–H groups in total. The third-order valence-electron chi connectivity index (χ3n) is 2.87. The van der Waals surface area contributed by atoms with Crippen LogP contribution in [0.2, 0.25) is 0 Å². The summed E-state index contributed by atoms with van der Waals surface area (Å²) in [6.07, 6.45) is 3.98. The van der Waals surface area contributed by atoms with Crippen LogP contribution in [0.4, 0.5) is 0 Å². The molecule has 0 heterocycles. The van der Waals surface area contributed by atoms with Gasteiger partial charge in [0.25, 0.3) is 0 Å². The first-order valence-electron chi connectivity index (χ1n) is 5.27. The van der Waals surface area contributed by atoms with E-state index in [1.807, 2.05) is 18.2 Å². The molecule has 0 saturated heterocycles. The average molecular weight is 290 g/mol. The van der Waals surface area contributed by atoms with Crippen LogP contribution in [0.5, 0.6) is 5.75 Å². The van der Waals surface area contributed by atoms with Crippen molar-refractivity contribution in [2.75, 3.05) is 6.61 Å². The Hall–Kier alpha value is -0.210. The minimum Gasteiger partial charge on any atom is -0.493 e. The fraction of sp³-hybridized carbons (Fsp3) is 0.500. The molecule has 0 radical (unpaired) electrons. The van der Waals surface area contributed by atoms with E-state index < -0.39 is 0 Å². The first kappa shape index (κ1) is 11.3. The average Bonchev–Trinajstić information content (AvgIpc) is 2.17. The highest BCUT2D eigenvalue weighted by molar-refractivity contribution is 9.10. The van der Waals surface area contributed by atoms with Crippen molar-refractivity contribution in [1.82, 2.24) is 0 Å². The Morgan fingerprint density at radius 3 is 2.80 bits per heavy atom. The fourth-order valence-corrected chi connectivity index (χ4v) is 2.28. The summed E-state index contributed by atoms with van der Waals surface area (Å²) in [4.78, 5) is 0. The highest BCUT2D eigenvalue weighted by atomic mass is 79.9. The van der Waals surface area contributed by atoms with E-state index in [-0.39, 0.29) is 0 Å². The van der Waals surface area contributed by atoms with Crippen LogP contribution in [-0.2, 0) is 5.88 Å². The lowest BCUT2D eigenvalue weighted by atomic mass is 9.86. The molecule has 1 aliphatic rings. The number of rotatable bonds is 4. The van der Waals surface area contributed by atoms with Gasteiger partial charge in [0.2, 0.25) is 0 Å². The van der Waals surface area contributed by atoms with Crippen molar-refractivity contribution in [3.63, 3.8) is 0 Å². The molecule has 1 fully saturated rings. The van der Waals surface area contributed by atoms with E-state index in [4.69, 9.17) is 16.3 Å². The summed E-state index contributed by atoms with van der Waals surface area (Å²) in [7, 11) is 0. The summed E-state index contributed by atoms with van der Waals surface area (Å²) in [5, 5.41) is 0. The smallest absolute Gasteiger partial charge is 0.123 e. The summed E-state index contributed by atoms with van der Waals surface area (Å²) < 4.78 is 6.83. The van der Waals surface area contributed by atoms with Gasteiger partial charge in [-0.25, -0.2) is 0 Å². The van der Waals surface area contributed by atoms with E-state index in [1.165, 1.54) is 19.3 Å². The van der Waals surface area contributed by atoms with Gasteiger partial charge < -0.3 is 4.74 Å². The van der Waals surface area contributed by atoms with Gasteiger partial charge in [0.15, 0.2) is 0 Å². The third kappa shape index (κ3) is 2.88. The molecule has 0 aromatic heterocycles. The SMILES string of the molecule is ClCc1cc(Br)ccc1OCC1CCC1. The molecule has 1 aliphatic carbocycles. The summed E-state index contributed by atoms with van der Waals surface area (Å²) in [6.45, 7) is 0.839. The molecule has 15 heavy (non-hydrogen) atoms. The fourth-order valence-electron chi connectivity index (χ4n) is 1.66. The molecule has 1 aromatic carbocycles. The Labute approximate surface area is 104 Å². The molecule has 0 spiro atoms. The Kier molecular flexibility index (Phi) is 3.92. The Morgan fingerprint density at radius 1 is 1.40 bits per heavy atom. The number of ether oxygens (including phenoxy) is 1. The lowest BCUT2D eigenvalue weighted by Crippen LogP contribution is -2.19. The maximum absolute atomic E-state index is 5.87. The number of hydrogen-bond acceptors (Lipinski definition) is 1. The standard InChI is InChI=1S/C12H14BrClO/c13-11-4-5-12(10(6-11)7-14)15-8-9-2-1-3-9/h4-6,9H,1-3,7-8H2. The Bertz CT molecular complexity index is 336. The first-order valence-corrected chi connectivity index (χ1v) is 6.59. The molecule has 1 aromatic rings. The van der Waals surface area contributed by atoms with Crippen molar-refractivity contribution in [1.29, 1.82) is 0 Å². The second kappa shape index (κ2) is 5.22. The molecule has 3 heteroatoms. The van der Waals surface area contributed by atoms with Gasteiger partial charge in [-0.1, -0.05) is 22.4 Å². The van der Waals surface area contributed by atoms with Crippen molar-refractivity contribution in [2.45, 2.75) is 25.1 Å². The highest BCUT2D eigenvalue weighted by Crippen LogP contribution is 2.29. The Morgan fingerprint density at radius 2 is 2.20 bits per heavy atom.